The van der Waals surface area contributed by atoms with E-state index in [-0.39, 0.29) is 11.4 Å². The predicted molar refractivity (Wildman–Crippen MR) is 79.8 cm³/mol. The summed E-state index contributed by atoms with van der Waals surface area (Å²) in [6, 6.07) is 6.40. The van der Waals surface area contributed by atoms with Crippen LogP contribution in [-0.2, 0) is 14.8 Å². The highest BCUT2D eigenvalue weighted by Crippen LogP contribution is 2.35. The second-order valence-electron chi connectivity index (χ2n) is 5.22. The smallest absolute Gasteiger partial charge is 0.329 e. The monoisotopic (exact) mass is 312 g/mol. The number of para-hydroxylation sites is 1. The first kappa shape index (κ1) is 15.8. The molecule has 2 rings (SSSR count). The van der Waals surface area contributed by atoms with Crippen LogP contribution in [0.25, 0.3) is 0 Å². The molecule has 0 unspecified atom stereocenters. The molecule has 0 aliphatic heterocycles. The Hall–Kier alpha value is -1.60. The van der Waals surface area contributed by atoms with Crippen molar-refractivity contribution in [3.63, 3.8) is 0 Å². The number of hydrogen-bond acceptors (Lipinski definition) is 4. The number of hydrogen-bond donors (Lipinski definition) is 3. The Balaban J connectivity index is 2.39. The summed E-state index contributed by atoms with van der Waals surface area (Å²) in [5.41, 5.74) is -0.736. The van der Waals surface area contributed by atoms with Gasteiger partial charge >= 0.3 is 5.97 Å². The van der Waals surface area contributed by atoms with Crippen molar-refractivity contribution < 1.29 is 18.3 Å². The van der Waals surface area contributed by atoms with Crippen LogP contribution in [0.15, 0.2) is 29.2 Å². The number of carbonyl (C=O) groups is 1. The minimum absolute atomic E-state index is 0.0828. The first-order chi connectivity index (χ1) is 9.91. The molecule has 0 atom stereocenters. The Morgan fingerprint density at radius 2 is 1.90 bits per heavy atom. The molecule has 6 nitrogen and oxygen atoms in total. The van der Waals surface area contributed by atoms with Crippen molar-refractivity contribution in [1.82, 2.24) is 4.72 Å². The van der Waals surface area contributed by atoms with Gasteiger partial charge in [-0.3, -0.25) is 0 Å². The molecule has 21 heavy (non-hydrogen) atoms. The summed E-state index contributed by atoms with van der Waals surface area (Å²) in [4.78, 5) is 11.7. The van der Waals surface area contributed by atoms with Gasteiger partial charge < -0.3 is 10.4 Å². The Labute approximate surface area is 124 Å². The highest BCUT2D eigenvalue weighted by atomic mass is 32.2. The quantitative estimate of drug-likeness (QED) is 0.744. The Morgan fingerprint density at radius 1 is 1.29 bits per heavy atom. The normalized spacial score (nSPS) is 17.6. The number of carboxylic acid groups (broad SMARTS) is 1. The zero-order chi connectivity index (χ0) is 15.5. The maximum Gasteiger partial charge on any atom is 0.329 e. The maximum absolute atomic E-state index is 12.2. The second-order valence-corrected chi connectivity index (χ2v) is 6.95. The molecule has 1 aromatic carbocycles. The van der Waals surface area contributed by atoms with Crippen molar-refractivity contribution in [2.24, 2.45) is 0 Å². The lowest BCUT2D eigenvalue weighted by Gasteiger charge is -2.27. The number of aliphatic carboxylic acids is 1. The molecular weight excluding hydrogens is 292 g/mol. The van der Waals surface area contributed by atoms with Crippen LogP contribution >= 0.6 is 0 Å². The molecule has 1 aliphatic rings. The molecule has 1 saturated carbocycles. The van der Waals surface area contributed by atoms with Gasteiger partial charge in [-0.1, -0.05) is 31.9 Å². The van der Waals surface area contributed by atoms with E-state index in [0.717, 1.165) is 12.8 Å². The lowest BCUT2D eigenvalue weighted by molar-refractivity contribution is -0.142. The summed E-state index contributed by atoms with van der Waals surface area (Å²) < 4.78 is 26.8. The van der Waals surface area contributed by atoms with Gasteiger partial charge in [-0.05, 0) is 25.0 Å². The molecule has 0 radical (unpaired) electrons. The standard InChI is InChI=1S/C14H20N2O4S/c1-2-15-21(19,20)12-8-4-3-7-11(12)16-14(13(17)18)9-5-6-10-14/h3-4,7-8,15-16H,2,5-6,9-10H2,1H3,(H,17,18). The van der Waals surface area contributed by atoms with Crippen LogP contribution in [0, 0.1) is 0 Å². The maximum atomic E-state index is 12.2. The molecule has 1 aliphatic carbocycles. The Kier molecular flexibility index (Phi) is 4.53. The van der Waals surface area contributed by atoms with Gasteiger partial charge in [-0.15, -0.1) is 0 Å². The molecule has 1 aromatic rings. The molecule has 0 aromatic heterocycles. The molecule has 0 heterocycles. The minimum Gasteiger partial charge on any atom is -0.480 e. The second kappa shape index (κ2) is 6.03. The van der Waals surface area contributed by atoms with Gasteiger partial charge in [0.2, 0.25) is 10.0 Å². The van der Waals surface area contributed by atoms with Crippen LogP contribution in [0.5, 0.6) is 0 Å². The van der Waals surface area contributed by atoms with E-state index in [1.807, 2.05) is 0 Å². The third kappa shape index (κ3) is 3.19. The van der Waals surface area contributed by atoms with Crippen molar-refractivity contribution in [1.29, 1.82) is 0 Å². The minimum atomic E-state index is -3.64. The molecule has 3 N–H and O–H groups in total. The van der Waals surface area contributed by atoms with Gasteiger partial charge in [0.1, 0.15) is 10.4 Å². The predicted octanol–water partition coefficient (Wildman–Crippen LogP) is 1.79. The van der Waals surface area contributed by atoms with E-state index < -0.39 is 21.5 Å². The third-order valence-electron chi connectivity index (χ3n) is 3.75. The van der Waals surface area contributed by atoms with Gasteiger partial charge in [-0.2, -0.15) is 0 Å². The zero-order valence-corrected chi connectivity index (χ0v) is 12.7. The molecule has 0 spiro atoms. The number of carboxylic acids is 1. The summed E-state index contributed by atoms with van der Waals surface area (Å²) in [5, 5.41) is 12.5. The summed E-state index contributed by atoms with van der Waals surface area (Å²) in [6.45, 7) is 1.98. The fourth-order valence-corrected chi connectivity index (χ4v) is 3.90. The van der Waals surface area contributed by atoms with E-state index in [2.05, 4.69) is 10.0 Å². The van der Waals surface area contributed by atoms with Crippen molar-refractivity contribution in [2.75, 3.05) is 11.9 Å². The topological polar surface area (TPSA) is 95.5 Å². The summed E-state index contributed by atoms with van der Waals surface area (Å²) >= 11 is 0. The molecule has 1 fully saturated rings. The largest absolute Gasteiger partial charge is 0.480 e. The van der Waals surface area contributed by atoms with Gasteiger partial charge in [0.25, 0.3) is 0 Å². The Morgan fingerprint density at radius 3 is 2.48 bits per heavy atom. The Bertz CT molecular complexity index is 622. The van der Waals surface area contributed by atoms with E-state index in [0.29, 0.717) is 18.5 Å². The molecule has 7 heteroatoms. The molecule has 0 bridgehead atoms. The van der Waals surface area contributed by atoms with Crippen LogP contribution in [0.1, 0.15) is 32.6 Å². The highest BCUT2D eigenvalue weighted by molar-refractivity contribution is 7.89. The van der Waals surface area contributed by atoms with E-state index in [1.165, 1.54) is 6.07 Å². The SMILES string of the molecule is CCNS(=O)(=O)c1ccccc1NC1(C(=O)O)CCCC1. The third-order valence-corrected chi connectivity index (χ3v) is 5.36. The highest BCUT2D eigenvalue weighted by Gasteiger charge is 2.42. The van der Waals surface area contributed by atoms with Gasteiger partial charge in [0.15, 0.2) is 0 Å². The number of benzene rings is 1. The van der Waals surface area contributed by atoms with E-state index in [4.69, 9.17) is 0 Å². The van der Waals surface area contributed by atoms with Crippen LogP contribution < -0.4 is 10.0 Å². The molecule has 0 saturated heterocycles. The summed E-state index contributed by atoms with van der Waals surface area (Å²) in [5.74, 6) is -0.935. The average Bonchev–Trinajstić information content (AvgIpc) is 2.89. The number of nitrogens with one attached hydrogen (secondary N) is 2. The van der Waals surface area contributed by atoms with Crippen molar-refractivity contribution in [3.05, 3.63) is 24.3 Å². The van der Waals surface area contributed by atoms with Crippen molar-refractivity contribution >= 4 is 21.7 Å². The van der Waals surface area contributed by atoms with Crippen molar-refractivity contribution in [2.45, 2.75) is 43.0 Å². The van der Waals surface area contributed by atoms with Gasteiger partial charge in [0, 0.05) is 6.54 Å². The van der Waals surface area contributed by atoms with E-state index in [1.54, 1.807) is 25.1 Å². The van der Waals surface area contributed by atoms with Gasteiger partial charge in [-0.25, -0.2) is 17.9 Å². The van der Waals surface area contributed by atoms with Crippen LogP contribution in [0.3, 0.4) is 0 Å². The fourth-order valence-electron chi connectivity index (χ4n) is 2.70. The van der Waals surface area contributed by atoms with Crippen LogP contribution in [-0.4, -0.2) is 31.6 Å². The molecule has 116 valence electrons. The van der Waals surface area contributed by atoms with E-state index >= 15 is 0 Å². The summed E-state index contributed by atoms with van der Waals surface area (Å²) in [6.07, 6.45) is 2.64. The number of anilines is 1. The number of rotatable bonds is 6. The fraction of sp³-hybridized carbons (Fsp3) is 0.500. The first-order valence-electron chi connectivity index (χ1n) is 7.01. The summed E-state index contributed by atoms with van der Waals surface area (Å²) in [7, 11) is -3.64. The first-order valence-corrected chi connectivity index (χ1v) is 8.50. The molecular formula is C14H20N2O4S. The lowest BCUT2D eigenvalue weighted by Crippen LogP contribution is -2.44. The van der Waals surface area contributed by atoms with Crippen molar-refractivity contribution in [3.8, 4) is 0 Å². The molecule has 0 amide bonds. The van der Waals surface area contributed by atoms with E-state index in [9.17, 15) is 18.3 Å². The van der Waals surface area contributed by atoms with Crippen LogP contribution in [0.4, 0.5) is 5.69 Å². The number of sulfonamides is 1. The van der Waals surface area contributed by atoms with Gasteiger partial charge in [0.05, 0.1) is 5.69 Å². The van der Waals surface area contributed by atoms with Crippen LogP contribution in [0.2, 0.25) is 0 Å². The lowest BCUT2D eigenvalue weighted by atomic mass is 9.97. The average molecular weight is 312 g/mol. The zero-order valence-electron chi connectivity index (χ0n) is 11.9.